The zero-order chi connectivity index (χ0) is 15.3. The molecule has 0 fully saturated rings. The number of nitrogens with zero attached hydrogens (tertiary/aromatic N) is 1. The molecule has 1 heterocycles. The molecular formula is C13H21N3O3S. The summed E-state index contributed by atoms with van der Waals surface area (Å²) in [5.74, 6) is -1.02. The van der Waals surface area contributed by atoms with Crippen molar-refractivity contribution >= 4 is 28.3 Å². The lowest BCUT2D eigenvalue weighted by Gasteiger charge is -2.10. The van der Waals surface area contributed by atoms with Crippen LogP contribution in [0.15, 0.2) is 0 Å². The lowest BCUT2D eigenvalue weighted by Crippen LogP contribution is -2.31. The van der Waals surface area contributed by atoms with Crippen molar-refractivity contribution in [2.24, 2.45) is 0 Å². The number of carbonyl (C=O) groups is 2. The molecular weight excluding hydrogens is 278 g/mol. The maximum Gasteiger partial charge on any atom is 0.338 e. The molecule has 0 bridgehead atoms. The van der Waals surface area contributed by atoms with E-state index in [0.29, 0.717) is 17.1 Å². The molecule has 0 spiro atoms. The third-order valence-corrected chi connectivity index (χ3v) is 4.02. The summed E-state index contributed by atoms with van der Waals surface area (Å²) in [6, 6.07) is -0.368. The summed E-state index contributed by atoms with van der Waals surface area (Å²) in [4.78, 5) is 25.9. The van der Waals surface area contributed by atoms with Crippen LogP contribution in [-0.4, -0.2) is 49.2 Å². The Hall–Kier alpha value is -1.60. The van der Waals surface area contributed by atoms with Gasteiger partial charge in [-0.05, 0) is 46.5 Å². The minimum Gasteiger partial charge on any atom is -0.478 e. The van der Waals surface area contributed by atoms with Gasteiger partial charge in [0.05, 0.1) is 5.56 Å². The van der Waals surface area contributed by atoms with Crippen molar-refractivity contribution in [3.05, 3.63) is 16.0 Å². The topological polar surface area (TPSA) is 81.7 Å². The van der Waals surface area contributed by atoms with E-state index in [1.54, 1.807) is 6.92 Å². The van der Waals surface area contributed by atoms with E-state index in [0.717, 1.165) is 17.8 Å². The van der Waals surface area contributed by atoms with Gasteiger partial charge in [0.1, 0.15) is 5.00 Å². The predicted molar refractivity (Wildman–Crippen MR) is 80.9 cm³/mol. The van der Waals surface area contributed by atoms with Gasteiger partial charge in [-0.2, -0.15) is 0 Å². The van der Waals surface area contributed by atoms with Gasteiger partial charge in [0.15, 0.2) is 0 Å². The summed E-state index contributed by atoms with van der Waals surface area (Å²) in [6.45, 7) is 5.02. The molecule has 0 aliphatic carbocycles. The van der Waals surface area contributed by atoms with Crippen molar-refractivity contribution in [2.75, 3.05) is 32.5 Å². The quantitative estimate of drug-likeness (QED) is 0.703. The van der Waals surface area contributed by atoms with Gasteiger partial charge in [-0.15, -0.1) is 11.3 Å². The molecule has 0 atom stereocenters. The van der Waals surface area contributed by atoms with Gasteiger partial charge in [0, 0.05) is 11.4 Å². The Labute approximate surface area is 122 Å². The molecule has 2 amide bonds. The van der Waals surface area contributed by atoms with Crippen molar-refractivity contribution in [3.63, 3.8) is 0 Å². The number of nitrogens with one attached hydrogen (secondary N) is 2. The largest absolute Gasteiger partial charge is 0.478 e. The number of aryl methyl sites for hydroxylation is 1. The van der Waals surface area contributed by atoms with Crippen LogP contribution in [0.4, 0.5) is 9.80 Å². The summed E-state index contributed by atoms with van der Waals surface area (Å²) < 4.78 is 0. The van der Waals surface area contributed by atoms with Crippen molar-refractivity contribution in [1.29, 1.82) is 0 Å². The smallest absolute Gasteiger partial charge is 0.338 e. The maximum absolute atomic E-state index is 11.7. The molecule has 0 aliphatic rings. The third kappa shape index (κ3) is 4.50. The summed E-state index contributed by atoms with van der Waals surface area (Å²) in [5.41, 5.74) is 0.876. The van der Waals surface area contributed by atoms with E-state index >= 15 is 0 Å². The maximum atomic E-state index is 11.7. The van der Waals surface area contributed by atoms with Gasteiger partial charge in [-0.1, -0.05) is 0 Å². The van der Waals surface area contributed by atoms with Crippen LogP contribution in [0, 0.1) is 13.8 Å². The molecule has 0 saturated carbocycles. The fraction of sp³-hybridized carbons (Fsp3) is 0.538. The van der Waals surface area contributed by atoms with Crippen LogP contribution in [0.5, 0.6) is 0 Å². The second-order valence-corrected chi connectivity index (χ2v) is 6.06. The van der Waals surface area contributed by atoms with Crippen molar-refractivity contribution in [1.82, 2.24) is 10.2 Å². The number of hydrogen-bond acceptors (Lipinski definition) is 4. The zero-order valence-corrected chi connectivity index (χ0v) is 13.1. The molecule has 112 valence electrons. The fourth-order valence-electron chi connectivity index (χ4n) is 1.72. The molecule has 6 nitrogen and oxygen atoms in total. The van der Waals surface area contributed by atoms with Crippen LogP contribution >= 0.6 is 11.3 Å². The van der Waals surface area contributed by atoms with Crippen molar-refractivity contribution in [3.8, 4) is 0 Å². The summed E-state index contributed by atoms with van der Waals surface area (Å²) >= 11 is 1.28. The molecule has 1 aromatic heterocycles. The first-order chi connectivity index (χ1) is 9.32. The number of amides is 2. The minimum absolute atomic E-state index is 0.177. The van der Waals surface area contributed by atoms with Crippen LogP contribution in [0.2, 0.25) is 0 Å². The SMILES string of the molecule is Cc1sc(NC(=O)NCCCN(C)C)c(C(=O)O)c1C. The van der Waals surface area contributed by atoms with Gasteiger partial charge in [-0.25, -0.2) is 9.59 Å². The first-order valence-corrected chi connectivity index (χ1v) is 7.17. The van der Waals surface area contributed by atoms with Crippen LogP contribution in [0.3, 0.4) is 0 Å². The van der Waals surface area contributed by atoms with Crippen LogP contribution in [0.25, 0.3) is 0 Å². The first-order valence-electron chi connectivity index (χ1n) is 6.35. The van der Waals surface area contributed by atoms with Crippen LogP contribution in [0.1, 0.15) is 27.2 Å². The highest BCUT2D eigenvalue weighted by atomic mass is 32.1. The Morgan fingerprint density at radius 3 is 2.50 bits per heavy atom. The summed E-state index contributed by atoms with van der Waals surface area (Å²) in [5, 5.41) is 14.9. The molecule has 0 radical (unpaired) electrons. The Bertz CT molecular complexity index is 497. The van der Waals surface area contributed by atoms with Crippen LogP contribution < -0.4 is 10.6 Å². The van der Waals surface area contributed by atoms with Crippen LogP contribution in [-0.2, 0) is 0 Å². The first kappa shape index (κ1) is 16.5. The Kier molecular flexibility index (Phi) is 5.97. The molecule has 7 heteroatoms. The molecule has 3 N–H and O–H groups in total. The normalized spacial score (nSPS) is 10.7. The van der Waals surface area contributed by atoms with Gasteiger partial charge in [0.25, 0.3) is 0 Å². The number of carboxylic acid groups (broad SMARTS) is 1. The second-order valence-electron chi connectivity index (χ2n) is 4.83. The second kappa shape index (κ2) is 7.25. The highest BCUT2D eigenvalue weighted by Gasteiger charge is 2.20. The number of urea groups is 1. The molecule has 1 aromatic rings. The lowest BCUT2D eigenvalue weighted by molar-refractivity contribution is 0.0697. The van der Waals surface area contributed by atoms with Gasteiger partial charge < -0.3 is 15.3 Å². The lowest BCUT2D eigenvalue weighted by atomic mass is 10.1. The molecule has 0 unspecified atom stereocenters. The van der Waals surface area contributed by atoms with Gasteiger partial charge >= 0.3 is 12.0 Å². The zero-order valence-electron chi connectivity index (χ0n) is 12.2. The van der Waals surface area contributed by atoms with E-state index in [1.165, 1.54) is 11.3 Å². The number of thiophene rings is 1. The Morgan fingerprint density at radius 1 is 1.30 bits per heavy atom. The van der Waals surface area contributed by atoms with E-state index in [2.05, 4.69) is 10.6 Å². The standard InChI is InChI=1S/C13H21N3O3S/c1-8-9(2)20-11(10(8)12(17)18)15-13(19)14-6-5-7-16(3)4/h5-7H2,1-4H3,(H,17,18)(H2,14,15,19). The molecule has 20 heavy (non-hydrogen) atoms. The Balaban J connectivity index is 2.58. The highest BCUT2D eigenvalue weighted by Crippen LogP contribution is 2.32. The molecule has 0 saturated heterocycles. The van der Waals surface area contributed by atoms with Gasteiger partial charge in [-0.3, -0.25) is 5.32 Å². The number of carbonyl (C=O) groups excluding carboxylic acids is 1. The van der Waals surface area contributed by atoms with E-state index in [4.69, 9.17) is 0 Å². The summed E-state index contributed by atoms with van der Waals surface area (Å²) in [6.07, 6.45) is 0.842. The summed E-state index contributed by atoms with van der Waals surface area (Å²) in [7, 11) is 3.94. The van der Waals surface area contributed by atoms with E-state index in [9.17, 15) is 14.7 Å². The Morgan fingerprint density at radius 2 is 1.95 bits per heavy atom. The van der Waals surface area contributed by atoms with E-state index < -0.39 is 5.97 Å². The average molecular weight is 299 g/mol. The number of anilines is 1. The minimum atomic E-state index is -1.02. The van der Waals surface area contributed by atoms with E-state index in [1.807, 2.05) is 25.9 Å². The van der Waals surface area contributed by atoms with Crippen molar-refractivity contribution < 1.29 is 14.7 Å². The van der Waals surface area contributed by atoms with E-state index in [-0.39, 0.29) is 11.6 Å². The number of rotatable bonds is 6. The highest BCUT2D eigenvalue weighted by molar-refractivity contribution is 7.16. The average Bonchev–Trinajstić information content (AvgIpc) is 2.60. The fourth-order valence-corrected chi connectivity index (χ4v) is 2.76. The monoisotopic (exact) mass is 299 g/mol. The molecule has 0 aromatic carbocycles. The number of aromatic carboxylic acids is 1. The number of hydrogen-bond donors (Lipinski definition) is 3. The molecule has 1 rings (SSSR count). The molecule has 0 aliphatic heterocycles. The van der Waals surface area contributed by atoms with Gasteiger partial charge in [0.2, 0.25) is 0 Å². The van der Waals surface area contributed by atoms with Crippen molar-refractivity contribution in [2.45, 2.75) is 20.3 Å². The third-order valence-electron chi connectivity index (χ3n) is 2.89. The predicted octanol–water partition coefficient (Wildman–Crippen LogP) is 2.14. The number of carboxylic acids is 1.